The molecule has 0 atom stereocenters. The molecule has 0 saturated carbocycles. The van der Waals surface area contributed by atoms with Crippen LogP contribution >= 0.6 is 0 Å². The van der Waals surface area contributed by atoms with Crippen LogP contribution in [0.2, 0.25) is 0 Å². The lowest BCUT2D eigenvalue weighted by atomic mass is 10.1. The van der Waals surface area contributed by atoms with Gasteiger partial charge in [-0.2, -0.15) is 70.2 Å². The van der Waals surface area contributed by atoms with Crippen LogP contribution in [0.3, 0.4) is 0 Å². The van der Waals surface area contributed by atoms with Crippen molar-refractivity contribution in [1.82, 2.24) is 0 Å². The maximum Gasteiger partial charge on any atom is 0.460 e. The van der Waals surface area contributed by atoms with E-state index in [1.54, 1.807) is 6.58 Å². The third-order valence-corrected chi connectivity index (χ3v) is 2.39. The second kappa shape index (κ2) is 7.18. The maximum atomic E-state index is 12.0. The Balaban J connectivity index is 0. The van der Waals surface area contributed by atoms with Crippen molar-refractivity contribution in [3.8, 4) is 0 Å². The van der Waals surface area contributed by atoms with E-state index in [1.165, 1.54) is 0 Å². The summed E-state index contributed by atoms with van der Waals surface area (Å²) in [6.07, 6.45) is -13.2. The summed E-state index contributed by atoms with van der Waals surface area (Å²) in [6.45, 7) is 0.994. The van der Waals surface area contributed by atoms with E-state index in [4.69, 9.17) is 0 Å². The third kappa shape index (κ3) is 5.08. The van der Waals surface area contributed by atoms with Crippen LogP contribution in [0.1, 0.15) is 6.92 Å². The minimum Gasteiger partial charge on any atom is -0.206 e. The van der Waals surface area contributed by atoms with Gasteiger partial charge < -0.3 is 0 Å². The quantitative estimate of drug-likeness (QED) is 0.417. The van der Waals surface area contributed by atoms with Crippen molar-refractivity contribution < 1.29 is 74.6 Å². The maximum absolute atomic E-state index is 12.0. The van der Waals surface area contributed by atoms with Gasteiger partial charge in [-0.05, 0) is 0 Å². The van der Waals surface area contributed by atoms with E-state index < -0.39 is 54.7 Å². The molecule has 0 nitrogen and oxygen atoms in total. The molecule has 0 rings (SSSR count). The molecule has 0 aromatic rings. The Morgan fingerprint density at radius 3 is 0.852 bits per heavy atom. The Labute approximate surface area is 137 Å². The van der Waals surface area contributed by atoms with Gasteiger partial charge in [-0.15, -0.1) is 0 Å². The second-order valence-corrected chi connectivity index (χ2v) is 4.59. The molecule has 0 aromatic heterocycles. The first-order valence-corrected chi connectivity index (χ1v) is 5.57. The molecule has 17 heteroatoms. The molecule has 0 amide bonds. The van der Waals surface area contributed by atoms with Crippen LogP contribution < -0.4 is 0 Å². The molecule has 0 radical (unpaired) electrons. The standard InChI is InChI=1S/C5H3F9.C5H2F8/c1-2(6,7)3(8,9)4(10,11)5(12,13)14;1-2(6)3(7,8)4(9,10)5(11,12)13/h1H3;1H2. The van der Waals surface area contributed by atoms with Crippen molar-refractivity contribution in [3.05, 3.63) is 12.4 Å². The molecule has 27 heavy (non-hydrogen) atoms. The molecule has 164 valence electrons. The minimum absolute atomic E-state index is 0.716. The number of hydrogen-bond acceptors (Lipinski definition) is 0. The number of alkyl halides is 16. The number of hydrogen-bond donors (Lipinski definition) is 0. The number of allylic oxidation sites excluding steroid dienone is 1. The molecule has 0 aliphatic heterocycles. The van der Waals surface area contributed by atoms with Gasteiger partial charge >= 0.3 is 42.0 Å². The predicted octanol–water partition coefficient (Wildman–Crippen LogP) is 6.78. The van der Waals surface area contributed by atoms with Gasteiger partial charge in [-0.25, -0.2) is 4.39 Å². The van der Waals surface area contributed by atoms with Gasteiger partial charge in [-0.3, -0.25) is 0 Å². The number of rotatable bonds is 4. The summed E-state index contributed by atoms with van der Waals surface area (Å²) >= 11 is 0. The van der Waals surface area contributed by atoms with E-state index in [1.807, 2.05) is 0 Å². The first-order valence-electron chi connectivity index (χ1n) is 5.57. The fourth-order valence-corrected chi connectivity index (χ4v) is 0.802. The van der Waals surface area contributed by atoms with Crippen LogP contribution in [-0.2, 0) is 0 Å². The van der Waals surface area contributed by atoms with Crippen LogP contribution in [0.5, 0.6) is 0 Å². The van der Waals surface area contributed by atoms with Crippen LogP contribution in [0.15, 0.2) is 12.4 Å². The summed E-state index contributed by atoms with van der Waals surface area (Å²) in [4.78, 5) is 0. The van der Waals surface area contributed by atoms with E-state index in [2.05, 4.69) is 0 Å². The molecule has 0 unspecified atom stereocenters. The van der Waals surface area contributed by atoms with Gasteiger partial charge in [0.15, 0.2) is 5.83 Å². The normalized spacial score (nSPS) is 15.2. The fourth-order valence-electron chi connectivity index (χ4n) is 0.802. The molecular weight excluding hydrogens is 443 g/mol. The first kappa shape index (κ1) is 27.8. The summed E-state index contributed by atoms with van der Waals surface area (Å²) in [5.41, 5.74) is 0. The summed E-state index contributed by atoms with van der Waals surface area (Å²) in [6, 6.07) is 0. The summed E-state index contributed by atoms with van der Waals surface area (Å²) < 4.78 is 198. The van der Waals surface area contributed by atoms with Crippen molar-refractivity contribution in [2.24, 2.45) is 0 Å². The van der Waals surface area contributed by atoms with Gasteiger partial charge in [0.25, 0.3) is 0 Å². The largest absolute Gasteiger partial charge is 0.460 e. The van der Waals surface area contributed by atoms with Gasteiger partial charge in [0.1, 0.15) is 0 Å². The Morgan fingerprint density at radius 1 is 0.519 bits per heavy atom. The van der Waals surface area contributed by atoms with Gasteiger partial charge in [-0.1, -0.05) is 6.58 Å². The molecule has 0 aromatic carbocycles. The highest BCUT2D eigenvalue weighted by molar-refractivity contribution is 5.08. The Kier molecular flexibility index (Phi) is 7.38. The zero-order valence-electron chi connectivity index (χ0n) is 12.1. The molecule has 0 aliphatic carbocycles. The molecule has 0 bridgehead atoms. The predicted molar refractivity (Wildman–Crippen MR) is 52.8 cm³/mol. The topological polar surface area (TPSA) is 0 Å². The highest BCUT2D eigenvalue weighted by Gasteiger charge is 2.80. The second-order valence-electron chi connectivity index (χ2n) is 4.59. The Hall–Kier alpha value is -1.45. The van der Waals surface area contributed by atoms with Gasteiger partial charge in [0.2, 0.25) is 0 Å². The van der Waals surface area contributed by atoms with E-state index in [0.717, 1.165) is 0 Å². The monoisotopic (exact) mass is 448 g/mol. The Bertz CT molecular complexity index is 489. The zero-order valence-corrected chi connectivity index (χ0v) is 12.1. The third-order valence-electron chi connectivity index (χ3n) is 2.39. The first-order chi connectivity index (χ1) is 11.2. The Morgan fingerprint density at radius 2 is 0.778 bits per heavy atom. The van der Waals surface area contributed by atoms with E-state index in [-0.39, 0.29) is 0 Å². The molecular formula is C10H5F17. The lowest BCUT2D eigenvalue weighted by Crippen LogP contribution is -2.59. The van der Waals surface area contributed by atoms with Crippen LogP contribution in [0.4, 0.5) is 74.6 Å². The van der Waals surface area contributed by atoms with Crippen LogP contribution in [0, 0.1) is 0 Å². The summed E-state index contributed by atoms with van der Waals surface area (Å²) in [7, 11) is 0. The molecule has 0 N–H and O–H groups in total. The molecule has 0 aliphatic rings. The van der Waals surface area contributed by atoms with Crippen molar-refractivity contribution in [1.29, 1.82) is 0 Å². The summed E-state index contributed by atoms with van der Waals surface area (Å²) in [5.74, 6) is -34.1. The zero-order chi connectivity index (χ0) is 23.1. The lowest BCUT2D eigenvalue weighted by Gasteiger charge is -2.31. The van der Waals surface area contributed by atoms with Crippen molar-refractivity contribution in [2.75, 3.05) is 0 Å². The van der Waals surface area contributed by atoms with E-state index in [0.29, 0.717) is 0 Å². The van der Waals surface area contributed by atoms with Crippen molar-refractivity contribution in [2.45, 2.75) is 48.9 Å². The van der Waals surface area contributed by atoms with Gasteiger partial charge in [0, 0.05) is 6.92 Å². The van der Waals surface area contributed by atoms with Gasteiger partial charge in [0.05, 0.1) is 0 Å². The van der Waals surface area contributed by atoms with Crippen LogP contribution in [-0.4, -0.2) is 42.0 Å². The average Bonchev–Trinajstić information content (AvgIpc) is 2.34. The fraction of sp³-hybridized carbons (Fsp3) is 0.800. The SMILES string of the molecule is C=C(F)C(F)(F)C(F)(F)C(F)(F)F.CC(F)(F)C(F)(F)C(F)(F)C(F)(F)F. The van der Waals surface area contributed by atoms with Crippen molar-refractivity contribution in [3.63, 3.8) is 0 Å². The highest BCUT2D eigenvalue weighted by atomic mass is 19.4. The molecule has 0 heterocycles. The van der Waals surface area contributed by atoms with Crippen molar-refractivity contribution >= 4 is 0 Å². The lowest BCUT2D eigenvalue weighted by molar-refractivity contribution is -0.393. The minimum atomic E-state index is -6.77. The molecule has 0 saturated heterocycles. The summed E-state index contributed by atoms with van der Waals surface area (Å²) in [5, 5.41) is 0. The molecule has 0 spiro atoms. The average molecular weight is 448 g/mol. The van der Waals surface area contributed by atoms with E-state index >= 15 is 0 Å². The van der Waals surface area contributed by atoms with E-state index in [9.17, 15) is 74.6 Å². The van der Waals surface area contributed by atoms with Crippen LogP contribution in [0.25, 0.3) is 0 Å². The smallest absolute Gasteiger partial charge is 0.206 e. The highest BCUT2D eigenvalue weighted by Crippen LogP contribution is 2.53. The molecule has 0 fully saturated rings. The number of halogens is 17.